The van der Waals surface area contributed by atoms with Crippen LogP contribution in [0.5, 0.6) is 0 Å². The summed E-state index contributed by atoms with van der Waals surface area (Å²) in [6.07, 6.45) is -0.513. The van der Waals surface area contributed by atoms with Crippen LogP contribution in [0.2, 0.25) is 0 Å². The van der Waals surface area contributed by atoms with Crippen LogP contribution < -0.4 is 5.73 Å². The molecule has 0 radical (unpaired) electrons. The van der Waals surface area contributed by atoms with Gasteiger partial charge in [0.2, 0.25) is 0 Å². The van der Waals surface area contributed by atoms with Crippen LogP contribution in [0.4, 0.5) is 4.39 Å². The first-order valence-electron chi connectivity index (χ1n) is 4.25. The molecule has 0 saturated heterocycles. The molecule has 0 aliphatic rings. The van der Waals surface area contributed by atoms with Crippen molar-refractivity contribution in [2.75, 3.05) is 14.2 Å². The SMILES string of the molecule is COC(OC)C(N)c1ccc(F)cc1. The highest BCUT2D eigenvalue weighted by Gasteiger charge is 2.17. The highest BCUT2D eigenvalue weighted by atomic mass is 19.1. The Kier molecular flexibility index (Phi) is 4.00. The van der Waals surface area contributed by atoms with Gasteiger partial charge in [-0.3, -0.25) is 0 Å². The molecule has 14 heavy (non-hydrogen) atoms. The molecular formula is C10H14FNO2. The van der Waals surface area contributed by atoms with E-state index in [0.29, 0.717) is 0 Å². The largest absolute Gasteiger partial charge is 0.354 e. The molecule has 0 aliphatic heterocycles. The van der Waals surface area contributed by atoms with Gasteiger partial charge in [-0.25, -0.2) is 4.39 Å². The minimum Gasteiger partial charge on any atom is -0.354 e. The van der Waals surface area contributed by atoms with Crippen LogP contribution in [0.25, 0.3) is 0 Å². The van der Waals surface area contributed by atoms with Gasteiger partial charge in [0.05, 0.1) is 6.04 Å². The van der Waals surface area contributed by atoms with Crippen molar-refractivity contribution in [3.63, 3.8) is 0 Å². The Labute approximate surface area is 82.6 Å². The molecule has 0 spiro atoms. The summed E-state index contributed by atoms with van der Waals surface area (Å²) in [6, 6.07) is 5.54. The summed E-state index contributed by atoms with van der Waals surface area (Å²) < 4.78 is 22.6. The fourth-order valence-corrected chi connectivity index (χ4v) is 1.23. The van der Waals surface area contributed by atoms with Crippen LogP contribution in [0.1, 0.15) is 11.6 Å². The van der Waals surface area contributed by atoms with Crippen LogP contribution in [0.15, 0.2) is 24.3 Å². The number of ether oxygens (including phenoxy) is 2. The maximum atomic E-state index is 12.6. The molecule has 1 aromatic carbocycles. The van der Waals surface area contributed by atoms with Gasteiger partial charge in [-0.1, -0.05) is 12.1 Å². The molecule has 4 heteroatoms. The van der Waals surface area contributed by atoms with Crippen molar-refractivity contribution < 1.29 is 13.9 Å². The van der Waals surface area contributed by atoms with Gasteiger partial charge in [0.25, 0.3) is 0 Å². The summed E-state index contributed by atoms with van der Waals surface area (Å²) in [5.41, 5.74) is 6.62. The molecule has 0 bridgehead atoms. The number of hydrogen-bond acceptors (Lipinski definition) is 3. The lowest BCUT2D eigenvalue weighted by Crippen LogP contribution is -2.29. The molecule has 0 heterocycles. The first-order valence-corrected chi connectivity index (χ1v) is 4.25. The minimum absolute atomic E-state index is 0.285. The van der Waals surface area contributed by atoms with Crippen LogP contribution in [0, 0.1) is 5.82 Å². The van der Waals surface area contributed by atoms with Crippen LogP contribution in [0.3, 0.4) is 0 Å². The van der Waals surface area contributed by atoms with E-state index in [-0.39, 0.29) is 5.82 Å². The van der Waals surface area contributed by atoms with E-state index < -0.39 is 12.3 Å². The third-order valence-corrected chi connectivity index (χ3v) is 2.01. The van der Waals surface area contributed by atoms with Crippen LogP contribution >= 0.6 is 0 Å². The number of halogens is 1. The normalized spacial score (nSPS) is 13.2. The molecule has 0 aliphatic carbocycles. The second-order valence-electron chi connectivity index (χ2n) is 2.92. The van der Waals surface area contributed by atoms with Gasteiger partial charge in [-0.15, -0.1) is 0 Å². The molecule has 78 valence electrons. The number of rotatable bonds is 4. The summed E-state index contributed by atoms with van der Waals surface area (Å²) in [6.45, 7) is 0. The van der Waals surface area contributed by atoms with Crippen molar-refractivity contribution in [1.29, 1.82) is 0 Å². The number of nitrogens with two attached hydrogens (primary N) is 1. The van der Waals surface area contributed by atoms with Crippen LogP contribution in [-0.2, 0) is 9.47 Å². The molecule has 1 unspecified atom stereocenters. The lowest BCUT2D eigenvalue weighted by molar-refractivity contribution is -0.117. The topological polar surface area (TPSA) is 44.5 Å². The van der Waals surface area contributed by atoms with E-state index in [2.05, 4.69) is 0 Å². The summed E-state index contributed by atoms with van der Waals surface area (Å²) in [5.74, 6) is -0.285. The zero-order chi connectivity index (χ0) is 10.6. The van der Waals surface area contributed by atoms with E-state index in [1.165, 1.54) is 26.4 Å². The molecule has 2 N–H and O–H groups in total. The standard InChI is InChI=1S/C10H14FNO2/c1-13-10(14-2)9(12)7-3-5-8(11)6-4-7/h3-6,9-10H,12H2,1-2H3. The Balaban J connectivity index is 2.77. The third kappa shape index (κ3) is 2.51. The van der Waals surface area contributed by atoms with Crippen LogP contribution in [-0.4, -0.2) is 20.5 Å². The summed E-state index contributed by atoms with van der Waals surface area (Å²) in [7, 11) is 3.02. The average Bonchev–Trinajstić information content (AvgIpc) is 2.20. The van der Waals surface area contributed by atoms with E-state index in [9.17, 15) is 4.39 Å². The fourth-order valence-electron chi connectivity index (χ4n) is 1.23. The van der Waals surface area contributed by atoms with E-state index in [0.717, 1.165) is 5.56 Å². The molecular weight excluding hydrogens is 185 g/mol. The minimum atomic E-state index is -0.513. The summed E-state index contributed by atoms with van der Waals surface area (Å²) in [5, 5.41) is 0. The molecule has 1 atom stereocenters. The summed E-state index contributed by atoms with van der Waals surface area (Å²) >= 11 is 0. The van der Waals surface area contributed by atoms with E-state index >= 15 is 0 Å². The zero-order valence-corrected chi connectivity index (χ0v) is 8.24. The number of methoxy groups -OCH3 is 2. The highest BCUT2D eigenvalue weighted by Crippen LogP contribution is 2.16. The number of benzene rings is 1. The first-order chi connectivity index (χ1) is 6.69. The van der Waals surface area contributed by atoms with Crippen molar-refractivity contribution in [3.8, 4) is 0 Å². The zero-order valence-electron chi connectivity index (χ0n) is 8.24. The van der Waals surface area contributed by atoms with Gasteiger partial charge in [-0.2, -0.15) is 0 Å². The molecule has 3 nitrogen and oxygen atoms in total. The molecule has 0 fully saturated rings. The molecule has 1 aromatic rings. The Morgan fingerprint density at radius 2 is 1.64 bits per heavy atom. The van der Waals surface area contributed by atoms with Gasteiger partial charge >= 0.3 is 0 Å². The van der Waals surface area contributed by atoms with Gasteiger partial charge in [0.15, 0.2) is 6.29 Å². The van der Waals surface area contributed by atoms with Crippen molar-refractivity contribution in [1.82, 2.24) is 0 Å². The molecule has 0 saturated carbocycles. The van der Waals surface area contributed by atoms with Gasteiger partial charge < -0.3 is 15.2 Å². The Morgan fingerprint density at radius 3 is 2.07 bits per heavy atom. The van der Waals surface area contributed by atoms with Crippen molar-refractivity contribution in [2.24, 2.45) is 5.73 Å². The second-order valence-corrected chi connectivity index (χ2v) is 2.92. The van der Waals surface area contributed by atoms with Crippen molar-refractivity contribution >= 4 is 0 Å². The van der Waals surface area contributed by atoms with E-state index in [1.54, 1.807) is 12.1 Å². The highest BCUT2D eigenvalue weighted by molar-refractivity contribution is 5.20. The molecule has 0 aromatic heterocycles. The monoisotopic (exact) mass is 199 g/mol. The lowest BCUT2D eigenvalue weighted by atomic mass is 10.1. The maximum absolute atomic E-state index is 12.6. The first kappa shape index (κ1) is 11.1. The molecule has 1 rings (SSSR count). The van der Waals surface area contributed by atoms with Crippen molar-refractivity contribution in [2.45, 2.75) is 12.3 Å². The van der Waals surface area contributed by atoms with E-state index in [1.807, 2.05) is 0 Å². The predicted octanol–water partition coefficient (Wildman–Crippen LogP) is 1.44. The van der Waals surface area contributed by atoms with Gasteiger partial charge in [0.1, 0.15) is 5.82 Å². The quantitative estimate of drug-likeness (QED) is 0.746. The van der Waals surface area contributed by atoms with Gasteiger partial charge in [-0.05, 0) is 17.7 Å². The Morgan fingerprint density at radius 1 is 1.14 bits per heavy atom. The average molecular weight is 199 g/mol. The third-order valence-electron chi connectivity index (χ3n) is 2.01. The lowest BCUT2D eigenvalue weighted by Gasteiger charge is -2.21. The van der Waals surface area contributed by atoms with Gasteiger partial charge in [0, 0.05) is 14.2 Å². The number of hydrogen-bond donors (Lipinski definition) is 1. The molecule has 0 amide bonds. The smallest absolute Gasteiger partial charge is 0.175 e. The Hall–Kier alpha value is -0.970. The predicted molar refractivity (Wildman–Crippen MR) is 51.1 cm³/mol. The van der Waals surface area contributed by atoms with Crippen molar-refractivity contribution in [3.05, 3.63) is 35.6 Å². The van der Waals surface area contributed by atoms with E-state index in [4.69, 9.17) is 15.2 Å². The maximum Gasteiger partial charge on any atom is 0.175 e. The second kappa shape index (κ2) is 5.05. The fraction of sp³-hybridized carbons (Fsp3) is 0.400. The summed E-state index contributed by atoms with van der Waals surface area (Å²) in [4.78, 5) is 0. The Bertz CT molecular complexity index is 272.